The van der Waals surface area contributed by atoms with Crippen molar-refractivity contribution >= 4 is 70.4 Å². The number of hydrogen-bond donors (Lipinski definition) is 1. The van der Waals surface area contributed by atoms with E-state index in [-0.39, 0.29) is 15.6 Å². The van der Waals surface area contributed by atoms with Crippen LogP contribution in [-0.2, 0) is 36.1 Å². The summed E-state index contributed by atoms with van der Waals surface area (Å²) < 4.78 is 58.9. The van der Waals surface area contributed by atoms with Crippen LogP contribution in [0.1, 0.15) is 12.8 Å². The van der Waals surface area contributed by atoms with Crippen LogP contribution in [0, 0.1) is 5.92 Å². The van der Waals surface area contributed by atoms with E-state index in [4.69, 9.17) is 21.5 Å². The normalized spacial score (nSPS) is 18.4. The molecule has 0 spiro atoms. The first kappa shape index (κ1) is 26.4. The minimum atomic E-state index is -3.89. The quantitative estimate of drug-likeness (QED) is 0.456. The van der Waals surface area contributed by atoms with Gasteiger partial charge in [-0.3, -0.25) is 4.79 Å². The SMILES string of the molecule is COCCn1c(=NC(=O)C2CCCN(S(=O)(=O)c3ccc(Cl)s3)C2)sc2cc(S(N)(=O)=O)ccc21. The average molecular weight is 579 g/mol. The Bertz CT molecular complexity index is 1540. The van der Waals surface area contributed by atoms with Gasteiger partial charge in [0.15, 0.2) is 4.80 Å². The van der Waals surface area contributed by atoms with Crippen molar-refractivity contribution in [1.82, 2.24) is 8.87 Å². The monoisotopic (exact) mass is 578 g/mol. The molecule has 10 nitrogen and oxygen atoms in total. The lowest BCUT2D eigenvalue weighted by molar-refractivity contribution is -0.122. The van der Waals surface area contributed by atoms with Crippen molar-refractivity contribution in [2.45, 2.75) is 28.5 Å². The summed E-state index contributed by atoms with van der Waals surface area (Å²) >= 11 is 8.05. The molecule has 0 bridgehead atoms. The van der Waals surface area contributed by atoms with Crippen molar-refractivity contribution in [1.29, 1.82) is 0 Å². The van der Waals surface area contributed by atoms with Crippen LogP contribution in [0.5, 0.6) is 0 Å². The number of ether oxygens (including phenoxy) is 1. The van der Waals surface area contributed by atoms with E-state index in [9.17, 15) is 21.6 Å². The van der Waals surface area contributed by atoms with Crippen LogP contribution >= 0.6 is 34.3 Å². The highest BCUT2D eigenvalue weighted by Crippen LogP contribution is 2.31. The highest BCUT2D eigenvalue weighted by Gasteiger charge is 2.34. The zero-order valence-corrected chi connectivity index (χ0v) is 22.6. The van der Waals surface area contributed by atoms with E-state index in [0.717, 1.165) is 22.7 Å². The van der Waals surface area contributed by atoms with Crippen LogP contribution < -0.4 is 9.94 Å². The summed E-state index contributed by atoms with van der Waals surface area (Å²) in [5, 5.41) is 5.25. The number of amides is 1. The van der Waals surface area contributed by atoms with Crippen LogP contribution in [0.2, 0.25) is 4.34 Å². The summed E-state index contributed by atoms with van der Waals surface area (Å²) in [7, 11) is -6.10. The molecule has 3 heterocycles. The maximum Gasteiger partial charge on any atom is 0.252 e. The summed E-state index contributed by atoms with van der Waals surface area (Å²) in [5.74, 6) is -1.03. The summed E-state index contributed by atoms with van der Waals surface area (Å²) in [6, 6.07) is 7.46. The zero-order valence-electron chi connectivity index (χ0n) is 18.6. The minimum Gasteiger partial charge on any atom is -0.383 e. The first-order chi connectivity index (χ1) is 16.5. The summed E-state index contributed by atoms with van der Waals surface area (Å²) in [6.07, 6.45) is 1.04. The van der Waals surface area contributed by atoms with Gasteiger partial charge in [-0.05, 0) is 43.2 Å². The molecule has 35 heavy (non-hydrogen) atoms. The van der Waals surface area contributed by atoms with E-state index in [1.807, 2.05) is 0 Å². The Balaban J connectivity index is 1.66. The number of benzene rings is 1. The number of carbonyl (C=O) groups excluding carboxylic acids is 1. The third-order valence-electron chi connectivity index (χ3n) is 5.58. The van der Waals surface area contributed by atoms with E-state index < -0.39 is 31.9 Å². The number of aromatic nitrogens is 1. The van der Waals surface area contributed by atoms with Crippen LogP contribution in [0.15, 0.2) is 44.4 Å². The van der Waals surface area contributed by atoms with E-state index in [1.165, 1.54) is 28.6 Å². The Morgan fingerprint density at radius 2 is 2.00 bits per heavy atom. The van der Waals surface area contributed by atoms with Gasteiger partial charge in [0.2, 0.25) is 10.0 Å². The molecule has 1 aliphatic rings. The average Bonchev–Trinajstić information content (AvgIpc) is 3.40. The molecule has 1 atom stereocenters. The maximum absolute atomic E-state index is 13.1. The molecule has 0 aliphatic carbocycles. The predicted molar refractivity (Wildman–Crippen MR) is 134 cm³/mol. The van der Waals surface area contributed by atoms with Crippen molar-refractivity contribution < 1.29 is 26.4 Å². The number of nitrogens with zero attached hydrogens (tertiary/aromatic N) is 3. The molecule has 0 saturated carbocycles. The topological polar surface area (TPSA) is 141 Å². The molecule has 1 unspecified atom stereocenters. The second kappa shape index (κ2) is 10.4. The molecule has 2 N–H and O–H groups in total. The summed E-state index contributed by atoms with van der Waals surface area (Å²) in [4.78, 5) is 17.8. The van der Waals surface area contributed by atoms with Gasteiger partial charge in [0.25, 0.3) is 15.9 Å². The number of rotatable bonds is 7. The number of carbonyl (C=O) groups is 1. The van der Waals surface area contributed by atoms with Gasteiger partial charge in [0, 0.05) is 26.7 Å². The van der Waals surface area contributed by atoms with Crippen molar-refractivity contribution in [2.75, 3.05) is 26.8 Å². The second-order valence-electron chi connectivity index (χ2n) is 7.91. The molecule has 1 saturated heterocycles. The molecule has 0 radical (unpaired) electrons. The van der Waals surface area contributed by atoms with Gasteiger partial charge in [-0.2, -0.15) is 9.30 Å². The van der Waals surface area contributed by atoms with Gasteiger partial charge in [-0.15, -0.1) is 11.3 Å². The van der Waals surface area contributed by atoms with Gasteiger partial charge < -0.3 is 9.30 Å². The molecule has 1 aromatic carbocycles. The lowest BCUT2D eigenvalue weighted by atomic mass is 9.99. The Morgan fingerprint density at radius 1 is 1.23 bits per heavy atom. The van der Waals surface area contributed by atoms with Gasteiger partial charge in [-0.1, -0.05) is 22.9 Å². The van der Waals surface area contributed by atoms with E-state index >= 15 is 0 Å². The maximum atomic E-state index is 13.1. The number of fused-ring (bicyclic) bond motifs is 1. The van der Waals surface area contributed by atoms with Crippen molar-refractivity contribution in [3.63, 3.8) is 0 Å². The van der Waals surface area contributed by atoms with Crippen molar-refractivity contribution in [2.24, 2.45) is 16.0 Å². The Kier molecular flexibility index (Phi) is 7.83. The number of halogens is 1. The number of thiazole rings is 1. The van der Waals surface area contributed by atoms with Gasteiger partial charge >= 0.3 is 0 Å². The number of hydrogen-bond acceptors (Lipinski definition) is 8. The third-order valence-corrected chi connectivity index (χ3v) is 11.1. The molecule has 15 heteroatoms. The summed E-state index contributed by atoms with van der Waals surface area (Å²) in [5.41, 5.74) is 0.688. The van der Waals surface area contributed by atoms with E-state index in [0.29, 0.717) is 51.9 Å². The molecule has 4 rings (SSSR count). The van der Waals surface area contributed by atoms with Gasteiger partial charge in [-0.25, -0.2) is 22.0 Å². The zero-order chi connectivity index (χ0) is 25.4. The minimum absolute atomic E-state index is 0.0265. The fraction of sp³-hybridized carbons (Fsp3) is 0.400. The molecule has 3 aromatic rings. The molecule has 1 aliphatic heterocycles. The molecule has 1 fully saturated rings. The van der Waals surface area contributed by atoms with Crippen molar-refractivity contribution in [3.05, 3.63) is 39.5 Å². The molecular formula is C20H23ClN4O6S4. The first-order valence-corrected chi connectivity index (χ1v) is 15.5. The number of thiophene rings is 1. The lowest BCUT2D eigenvalue weighted by Gasteiger charge is -2.29. The largest absolute Gasteiger partial charge is 0.383 e. The smallest absolute Gasteiger partial charge is 0.252 e. The Labute approximate surface area is 215 Å². The number of methoxy groups -OCH3 is 1. The van der Waals surface area contributed by atoms with Gasteiger partial charge in [0.1, 0.15) is 4.21 Å². The van der Waals surface area contributed by atoms with Crippen molar-refractivity contribution in [3.8, 4) is 0 Å². The standard InChI is InChI=1S/C20H23ClN4O6S4/c1-31-10-9-25-15-5-4-14(34(22,27)28)11-16(15)32-20(25)23-19(26)13-3-2-8-24(12-13)35(29,30)18-7-6-17(21)33-18/h4-7,11,13H,2-3,8-10,12H2,1H3,(H2,22,27,28). The number of sulfonamides is 2. The number of nitrogens with two attached hydrogens (primary N) is 1. The van der Waals surface area contributed by atoms with Crippen LogP contribution in [0.3, 0.4) is 0 Å². The predicted octanol–water partition coefficient (Wildman–Crippen LogP) is 2.24. The van der Waals surface area contributed by atoms with E-state index in [1.54, 1.807) is 17.7 Å². The Morgan fingerprint density at radius 3 is 2.66 bits per heavy atom. The second-order valence-corrected chi connectivity index (χ2v) is 14.4. The van der Waals surface area contributed by atoms with Crippen LogP contribution in [0.25, 0.3) is 10.2 Å². The number of primary sulfonamides is 1. The molecule has 1 amide bonds. The Hall–Kier alpha value is -1.65. The molecular weight excluding hydrogens is 556 g/mol. The highest BCUT2D eigenvalue weighted by atomic mass is 35.5. The lowest BCUT2D eigenvalue weighted by Crippen LogP contribution is -2.42. The van der Waals surface area contributed by atoms with Crippen LogP contribution in [-0.4, -0.2) is 58.4 Å². The third kappa shape index (κ3) is 5.69. The van der Waals surface area contributed by atoms with Gasteiger partial charge in [0.05, 0.1) is 32.0 Å². The summed E-state index contributed by atoms with van der Waals surface area (Å²) in [6.45, 7) is 1.08. The highest BCUT2D eigenvalue weighted by molar-refractivity contribution is 7.91. The fourth-order valence-corrected chi connectivity index (χ4v) is 8.70. The number of piperidine rings is 1. The fourth-order valence-electron chi connectivity index (χ4n) is 3.83. The van der Waals surface area contributed by atoms with E-state index in [2.05, 4.69) is 4.99 Å². The molecule has 190 valence electrons. The molecule has 2 aromatic heterocycles. The first-order valence-electron chi connectivity index (χ1n) is 10.5. The van der Waals surface area contributed by atoms with Crippen LogP contribution in [0.4, 0.5) is 0 Å².